The number of nitrogens with zero attached hydrogens (tertiary/aromatic N) is 1. The molecule has 0 spiro atoms. The molecule has 0 atom stereocenters. The minimum Gasteiger partial charge on any atom is -0.453 e. The molecule has 1 aromatic heterocycles. The number of para-hydroxylation sites is 1. The molecule has 0 fully saturated rings. The highest BCUT2D eigenvalue weighted by molar-refractivity contribution is 5.86. The summed E-state index contributed by atoms with van der Waals surface area (Å²) in [5.74, 6) is -1.03. The lowest BCUT2D eigenvalue weighted by molar-refractivity contribution is 0.437. The maximum atomic E-state index is 13.8. The SMILES string of the molecule is NCc1cnc2ccccc2c1Oc1ccc(F)cc1F. The third kappa shape index (κ3) is 2.55. The first-order valence-electron chi connectivity index (χ1n) is 6.38. The van der Waals surface area contributed by atoms with Crippen molar-refractivity contribution < 1.29 is 13.5 Å². The van der Waals surface area contributed by atoms with Crippen LogP contribution in [-0.4, -0.2) is 4.98 Å². The van der Waals surface area contributed by atoms with Crippen LogP contribution in [0.15, 0.2) is 48.7 Å². The first-order chi connectivity index (χ1) is 10.2. The Bertz CT molecular complexity index is 805. The molecule has 0 aliphatic heterocycles. The van der Waals surface area contributed by atoms with Gasteiger partial charge in [-0.25, -0.2) is 8.78 Å². The number of nitrogens with two attached hydrogens (primary N) is 1. The van der Waals surface area contributed by atoms with Crippen molar-refractivity contribution >= 4 is 10.9 Å². The van der Waals surface area contributed by atoms with Gasteiger partial charge >= 0.3 is 0 Å². The number of hydrogen-bond acceptors (Lipinski definition) is 3. The van der Waals surface area contributed by atoms with Crippen LogP contribution < -0.4 is 10.5 Å². The molecular formula is C16H12F2N2O. The monoisotopic (exact) mass is 286 g/mol. The fourth-order valence-corrected chi connectivity index (χ4v) is 2.09. The molecule has 3 rings (SSSR count). The Balaban J connectivity index is 2.14. The predicted molar refractivity (Wildman–Crippen MR) is 76.1 cm³/mol. The van der Waals surface area contributed by atoms with Crippen LogP contribution in [0.5, 0.6) is 11.5 Å². The Morgan fingerprint density at radius 2 is 1.90 bits per heavy atom. The summed E-state index contributed by atoms with van der Waals surface area (Å²) in [6, 6.07) is 10.5. The van der Waals surface area contributed by atoms with Gasteiger partial charge in [0.05, 0.1) is 5.52 Å². The van der Waals surface area contributed by atoms with Gasteiger partial charge in [0, 0.05) is 29.8 Å². The number of rotatable bonds is 3. The van der Waals surface area contributed by atoms with Crippen LogP contribution in [0.1, 0.15) is 5.56 Å². The molecule has 0 bridgehead atoms. The van der Waals surface area contributed by atoms with E-state index in [2.05, 4.69) is 4.98 Å². The van der Waals surface area contributed by atoms with Gasteiger partial charge in [-0.15, -0.1) is 0 Å². The van der Waals surface area contributed by atoms with E-state index >= 15 is 0 Å². The number of ether oxygens (including phenoxy) is 1. The van der Waals surface area contributed by atoms with Crippen LogP contribution in [0.4, 0.5) is 8.78 Å². The average molecular weight is 286 g/mol. The Kier molecular flexibility index (Phi) is 3.50. The highest BCUT2D eigenvalue weighted by Gasteiger charge is 2.13. The molecule has 2 aromatic carbocycles. The van der Waals surface area contributed by atoms with E-state index in [0.29, 0.717) is 16.8 Å². The van der Waals surface area contributed by atoms with Gasteiger partial charge < -0.3 is 10.5 Å². The maximum absolute atomic E-state index is 13.8. The predicted octanol–water partition coefficient (Wildman–Crippen LogP) is 3.76. The molecular weight excluding hydrogens is 274 g/mol. The normalized spacial score (nSPS) is 10.8. The van der Waals surface area contributed by atoms with E-state index in [1.54, 1.807) is 6.20 Å². The van der Waals surface area contributed by atoms with Crippen molar-refractivity contribution in [2.24, 2.45) is 5.73 Å². The van der Waals surface area contributed by atoms with Crippen molar-refractivity contribution in [3.63, 3.8) is 0 Å². The number of halogens is 2. The summed E-state index contributed by atoms with van der Waals surface area (Å²) in [5, 5.41) is 0.726. The quantitative estimate of drug-likeness (QED) is 0.797. The zero-order chi connectivity index (χ0) is 14.8. The van der Waals surface area contributed by atoms with Gasteiger partial charge in [-0.05, 0) is 24.3 Å². The number of hydrogen-bond donors (Lipinski definition) is 1. The van der Waals surface area contributed by atoms with Gasteiger partial charge in [-0.2, -0.15) is 0 Å². The largest absolute Gasteiger partial charge is 0.453 e. The summed E-state index contributed by atoms with van der Waals surface area (Å²) in [6.45, 7) is 0.204. The zero-order valence-corrected chi connectivity index (χ0v) is 11.0. The minimum atomic E-state index is -0.765. The lowest BCUT2D eigenvalue weighted by Crippen LogP contribution is -2.02. The van der Waals surface area contributed by atoms with Gasteiger partial charge in [-0.1, -0.05) is 12.1 Å². The summed E-state index contributed by atoms with van der Waals surface area (Å²) >= 11 is 0. The first kappa shape index (κ1) is 13.5. The van der Waals surface area contributed by atoms with E-state index in [0.717, 1.165) is 17.5 Å². The number of pyridine rings is 1. The summed E-state index contributed by atoms with van der Waals surface area (Å²) in [5.41, 5.74) is 7.05. The topological polar surface area (TPSA) is 48.1 Å². The molecule has 0 saturated heterocycles. The minimum absolute atomic E-state index is 0.0533. The van der Waals surface area contributed by atoms with Gasteiger partial charge in [0.25, 0.3) is 0 Å². The molecule has 3 nitrogen and oxygen atoms in total. The van der Waals surface area contributed by atoms with Crippen molar-refractivity contribution in [2.75, 3.05) is 0 Å². The van der Waals surface area contributed by atoms with Crippen molar-refractivity contribution in [2.45, 2.75) is 6.54 Å². The number of fused-ring (bicyclic) bond motifs is 1. The Morgan fingerprint density at radius 1 is 1.10 bits per heavy atom. The van der Waals surface area contributed by atoms with E-state index in [1.165, 1.54) is 6.07 Å². The molecule has 21 heavy (non-hydrogen) atoms. The molecule has 0 aliphatic carbocycles. The number of benzene rings is 2. The second-order valence-electron chi connectivity index (χ2n) is 4.51. The van der Waals surface area contributed by atoms with Crippen LogP contribution in [-0.2, 0) is 6.54 Å². The van der Waals surface area contributed by atoms with Gasteiger partial charge in [-0.3, -0.25) is 4.98 Å². The van der Waals surface area contributed by atoms with E-state index in [1.807, 2.05) is 24.3 Å². The molecule has 0 aliphatic rings. The van der Waals surface area contributed by atoms with Crippen LogP contribution in [0.2, 0.25) is 0 Å². The van der Waals surface area contributed by atoms with Crippen molar-refractivity contribution in [1.29, 1.82) is 0 Å². The summed E-state index contributed by atoms with van der Waals surface area (Å²) in [4.78, 5) is 4.28. The van der Waals surface area contributed by atoms with E-state index < -0.39 is 11.6 Å². The first-order valence-corrected chi connectivity index (χ1v) is 6.38. The lowest BCUT2D eigenvalue weighted by Gasteiger charge is -2.13. The fourth-order valence-electron chi connectivity index (χ4n) is 2.09. The Labute approximate surface area is 120 Å². The highest BCUT2D eigenvalue weighted by Crippen LogP contribution is 2.33. The molecule has 0 unspecified atom stereocenters. The van der Waals surface area contributed by atoms with Crippen molar-refractivity contribution in [3.8, 4) is 11.5 Å². The average Bonchev–Trinajstić information content (AvgIpc) is 2.50. The third-order valence-electron chi connectivity index (χ3n) is 3.13. The van der Waals surface area contributed by atoms with E-state index in [-0.39, 0.29) is 12.3 Å². The van der Waals surface area contributed by atoms with Crippen molar-refractivity contribution in [3.05, 3.63) is 65.9 Å². The molecule has 0 saturated carbocycles. The Hall–Kier alpha value is -2.53. The molecule has 0 amide bonds. The molecule has 106 valence electrons. The second-order valence-corrected chi connectivity index (χ2v) is 4.51. The molecule has 3 aromatic rings. The molecule has 5 heteroatoms. The summed E-state index contributed by atoms with van der Waals surface area (Å²) < 4.78 is 32.4. The van der Waals surface area contributed by atoms with Gasteiger partial charge in [0.1, 0.15) is 11.6 Å². The third-order valence-corrected chi connectivity index (χ3v) is 3.13. The maximum Gasteiger partial charge on any atom is 0.168 e. The van der Waals surface area contributed by atoms with E-state index in [4.69, 9.17) is 10.5 Å². The Morgan fingerprint density at radius 3 is 2.67 bits per heavy atom. The standard InChI is InChI=1S/C16H12F2N2O/c17-11-5-6-15(13(18)7-11)21-16-10(8-19)9-20-14-4-2-1-3-12(14)16/h1-7,9H,8,19H2. The summed E-state index contributed by atoms with van der Waals surface area (Å²) in [6.07, 6.45) is 1.60. The lowest BCUT2D eigenvalue weighted by atomic mass is 10.1. The summed E-state index contributed by atoms with van der Waals surface area (Å²) in [7, 11) is 0. The smallest absolute Gasteiger partial charge is 0.168 e. The van der Waals surface area contributed by atoms with Crippen LogP contribution in [0.25, 0.3) is 10.9 Å². The second kappa shape index (κ2) is 5.46. The molecule has 1 heterocycles. The van der Waals surface area contributed by atoms with Crippen molar-refractivity contribution in [1.82, 2.24) is 4.98 Å². The highest BCUT2D eigenvalue weighted by atomic mass is 19.1. The van der Waals surface area contributed by atoms with Gasteiger partial charge in [0.2, 0.25) is 0 Å². The number of aromatic nitrogens is 1. The van der Waals surface area contributed by atoms with Crippen LogP contribution in [0, 0.1) is 11.6 Å². The van der Waals surface area contributed by atoms with Crippen LogP contribution in [0.3, 0.4) is 0 Å². The molecule has 2 N–H and O–H groups in total. The van der Waals surface area contributed by atoms with Crippen LogP contribution >= 0.6 is 0 Å². The molecule has 0 radical (unpaired) electrons. The van der Waals surface area contributed by atoms with Gasteiger partial charge in [0.15, 0.2) is 11.6 Å². The van der Waals surface area contributed by atoms with E-state index in [9.17, 15) is 8.78 Å². The zero-order valence-electron chi connectivity index (χ0n) is 11.0. The fraction of sp³-hybridized carbons (Fsp3) is 0.0625.